The first kappa shape index (κ1) is 15.8. The van der Waals surface area contributed by atoms with Crippen LogP contribution < -0.4 is 5.32 Å². The first-order valence-corrected chi connectivity index (χ1v) is 8.33. The number of likely N-dealkylation sites (tertiary alicyclic amines) is 1. The molecule has 1 aliphatic carbocycles. The number of amides is 1. The Morgan fingerprint density at radius 1 is 1.30 bits per heavy atom. The van der Waals surface area contributed by atoms with Gasteiger partial charge in [0.2, 0.25) is 5.91 Å². The zero-order chi connectivity index (χ0) is 14.5. The van der Waals surface area contributed by atoms with Gasteiger partial charge >= 0.3 is 0 Å². The van der Waals surface area contributed by atoms with Gasteiger partial charge in [0, 0.05) is 18.0 Å². The van der Waals surface area contributed by atoms with E-state index in [0.717, 1.165) is 45.1 Å². The van der Waals surface area contributed by atoms with Gasteiger partial charge in [0.05, 0.1) is 12.6 Å². The lowest BCUT2D eigenvalue weighted by Crippen LogP contribution is -2.47. The second-order valence-corrected chi connectivity index (χ2v) is 6.57. The largest absolute Gasteiger partial charge is 0.393 e. The molecule has 0 radical (unpaired) electrons. The van der Waals surface area contributed by atoms with Crippen molar-refractivity contribution in [2.45, 2.75) is 77.0 Å². The number of rotatable bonds is 5. The SMILES string of the molecule is CCC(C)NC(=O)CN1CCCC1C1CCCCC1O. The maximum atomic E-state index is 12.1. The molecule has 4 unspecified atom stereocenters. The fourth-order valence-corrected chi connectivity index (χ4v) is 3.73. The van der Waals surface area contributed by atoms with Crippen molar-refractivity contribution in [1.82, 2.24) is 10.2 Å². The lowest BCUT2D eigenvalue weighted by atomic mass is 9.80. The second-order valence-electron chi connectivity index (χ2n) is 6.57. The predicted molar refractivity (Wildman–Crippen MR) is 80.5 cm³/mol. The molecule has 4 heteroatoms. The number of aliphatic hydroxyl groups is 1. The van der Waals surface area contributed by atoms with Crippen LogP contribution >= 0.6 is 0 Å². The van der Waals surface area contributed by atoms with E-state index in [1.54, 1.807) is 0 Å². The van der Waals surface area contributed by atoms with Crippen LogP contribution in [0.2, 0.25) is 0 Å². The third kappa shape index (κ3) is 3.95. The first-order valence-electron chi connectivity index (χ1n) is 8.33. The van der Waals surface area contributed by atoms with Crippen molar-refractivity contribution in [3.8, 4) is 0 Å². The molecule has 1 saturated carbocycles. The van der Waals surface area contributed by atoms with Gasteiger partial charge in [0.15, 0.2) is 0 Å². The smallest absolute Gasteiger partial charge is 0.234 e. The zero-order valence-electron chi connectivity index (χ0n) is 13.0. The second kappa shape index (κ2) is 7.41. The summed E-state index contributed by atoms with van der Waals surface area (Å²) in [5, 5.41) is 13.3. The molecule has 4 atom stereocenters. The zero-order valence-corrected chi connectivity index (χ0v) is 13.0. The molecule has 0 bridgehead atoms. The minimum Gasteiger partial charge on any atom is -0.393 e. The van der Waals surface area contributed by atoms with Gasteiger partial charge in [0.25, 0.3) is 0 Å². The summed E-state index contributed by atoms with van der Waals surface area (Å²) in [5.41, 5.74) is 0. The van der Waals surface area contributed by atoms with Gasteiger partial charge in [-0.3, -0.25) is 9.69 Å². The molecule has 2 rings (SSSR count). The van der Waals surface area contributed by atoms with E-state index in [9.17, 15) is 9.90 Å². The predicted octanol–water partition coefficient (Wildman–Crippen LogP) is 1.92. The molecule has 2 aliphatic rings. The van der Waals surface area contributed by atoms with Crippen molar-refractivity contribution in [2.24, 2.45) is 5.92 Å². The maximum Gasteiger partial charge on any atom is 0.234 e. The van der Waals surface area contributed by atoms with E-state index < -0.39 is 0 Å². The molecule has 0 aromatic carbocycles. The lowest BCUT2D eigenvalue weighted by Gasteiger charge is -2.37. The molecule has 0 aromatic heterocycles. The van der Waals surface area contributed by atoms with E-state index in [1.165, 1.54) is 6.42 Å². The first-order chi connectivity index (χ1) is 9.61. The number of nitrogens with one attached hydrogen (secondary N) is 1. The van der Waals surface area contributed by atoms with Gasteiger partial charge in [0.1, 0.15) is 0 Å². The van der Waals surface area contributed by atoms with Crippen molar-refractivity contribution in [3.05, 3.63) is 0 Å². The van der Waals surface area contributed by atoms with Crippen LogP contribution in [0.5, 0.6) is 0 Å². The number of aliphatic hydroxyl groups excluding tert-OH is 1. The van der Waals surface area contributed by atoms with Crippen molar-refractivity contribution in [1.29, 1.82) is 0 Å². The van der Waals surface area contributed by atoms with Crippen LogP contribution in [-0.2, 0) is 4.79 Å². The Morgan fingerprint density at radius 3 is 2.75 bits per heavy atom. The molecule has 20 heavy (non-hydrogen) atoms. The summed E-state index contributed by atoms with van der Waals surface area (Å²) in [6, 6.07) is 0.664. The third-order valence-electron chi connectivity index (χ3n) is 5.06. The summed E-state index contributed by atoms with van der Waals surface area (Å²) in [7, 11) is 0. The minimum absolute atomic E-state index is 0.136. The minimum atomic E-state index is -0.160. The van der Waals surface area contributed by atoms with E-state index in [4.69, 9.17) is 0 Å². The Hall–Kier alpha value is -0.610. The van der Waals surface area contributed by atoms with Gasteiger partial charge in [-0.2, -0.15) is 0 Å². The Bertz CT molecular complexity index is 322. The quantitative estimate of drug-likeness (QED) is 0.810. The van der Waals surface area contributed by atoms with E-state index in [-0.39, 0.29) is 18.1 Å². The van der Waals surface area contributed by atoms with Crippen LogP contribution in [0.25, 0.3) is 0 Å². The molecule has 1 heterocycles. The monoisotopic (exact) mass is 282 g/mol. The molecule has 0 aromatic rings. The fourth-order valence-electron chi connectivity index (χ4n) is 3.73. The Morgan fingerprint density at radius 2 is 2.05 bits per heavy atom. The highest BCUT2D eigenvalue weighted by atomic mass is 16.3. The summed E-state index contributed by atoms with van der Waals surface area (Å²) in [4.78, 5) is 14.4. The highest BCUT2D eigenvalue weighted by Gasteiger charge is 2.37. The highest BCUT2D eigenvalue weighted by molar-refractivity contribution is 5.78. The standard InChI is InChI=1S/C16H30N2O2/c1-3-12(2)17-16(20)11-18-10-6-8-14(18)13-7-4-5-9-15(13)19/h12-15,19H,3-11H2,1-2H3,(H,17,20). The number of carbonyl (C=O) groups is 1. The van der Waals surface area contributed by atoms with Crippen molar-refractivity contribution < 1.29 is 9.90 Å². The molecule has 1 saturated heterocycles. The van der Waals surface area contributed by atoms with Gasteiger partial charge in [-0.15, -0.1) is 0 Å². The molecule has 1 amide bonds. The number of hydrogen-bond donors (Lipinski definition) is 2. The molecule has 2 N–H and O–H groups in total. The summed E-state index contributed by atoms with van der Waals surface area (Å²) in [6.45, 7) is 5.63. The van der Waals surface area contributed by atoms with Crippen molar-refractivity contribution in [2.75, 3.05) is 13.1 Å². The van der Waals surface area contributed by atoms with Gasteiger partial charge in [-0.25, -0.2) is 0 Å². The normalized spacial score (nSPS) is 33.0. The third-order valence-corrected chi connectivity index (χ3v) is 5.06. The van der Waals surface area contributed by atoms with E-state index in [0.29, 0.717) is 18.5 Å². The maximum absolute atomic E-state index is 12.1. The van der Waals surface area contributed by atoms with Crippen LogP contribution in [0.1, 0.15) is 58.8 Å². The number of carbonyl (C=O) groups excluding carboxylic acids is 1. The van der Waals surface area contributed by atoms with Crippen LogP contribution in [0, 0.1) is 5.92 Å². The molecular formula is C16H30N2O2. The lowest BCUT2D eigenvalue weighted by molar-refractivity contribution is -0.123. The van der Waals surface area contributed by atoms with Crippen LogP contribution in [0.15, 0.2) is 0 Å². The van der Waals surface area contributed by atoms with Gasteiger partial charge in [-0.1, -0.05) is 19.8 Å². The van der Waals surface area contributed by atoms with Gasteiger partial charge in [-0.05, 0) is 45.6 Å². The highest BCUT2D eigenvalue weighted by Crippen LogP contribution is 2.34. The van der Waals surface area contributed by atoms with Crippen LogP contribution in [-0.4, -0.2) is 47.2 Å². The average molecular weight is 282 g/mol. The molecule has 116 valence electrons. The van der Waals surface area contributed by atoms with E-state index >= 15 is 0 Å². The summed E-state index contributed by atoms with van der Waals surface area (Å²) in [5.74, 6) is 0.513. The molecule has 4 nitrogen and oxygen atoms in total. The topological polar surface area (TPSA) is 52.6 Å². The summed E-state index contributed by atoms with van der Waals surface area (Å²) < 4.78 is 0. The Labute approximate surface area is 122 Å². The summed E-state index contributed by atoms with van der Waals surface area (Å²) >= 11 is 0. The number of hydrogen-bond acceptors (Lipinski definition) is 3. The van der Waals surface area contributed by atoms with Crippen LogP contribution in [0.4, 0.5) is 0 Å². The number of nitrogens with zero attached hydrogens (tertiary/aromatic N) is 1. The summed E-state index contributed by atoms with van der Waals surface area (Å²) in [6.07, 6.45) is 7.54. The van der Waals surface area contributed by atoms with E-state index in [2.05, 4.69) is 17.1 Å². The Balaban J connectivity index is 1.88. The van der Waals surface area contributed by atoms with Gasteiger partial charge < -0.3 is 10.4 Å². The van der Waals surface area contributed by atoms with Crippen molar-refractivity contribution >= 4 is 5.91 Å². The molecular weight excluding hydrogens is 252 g/mol. The van der Waals surface area contributed by atoms with Crippen molar-refractivity contribution in [3.63, 3.8) is 0 Å². The Kier molecular flexibility index (Phi) is 5.85. The average Bonchev–Trinajstić information content (AvgIpc) is 2.87. The molecule has 1 aliphatic heterocycles. The molecule has 2 fully saturated rings. The fraction of sp³-hybridized carbons (Fsp3) is 0.938. The van der Waals surface area contributed by atoms with E-state index in [1.807, 2.05) is 6.92 Å². The molecule has 0 spiro atoms. The van der Waals surface area contributed by atoms with Crippen LogP contribution in [0.3, 0.4) is 0 Å².